The molecule has 0 aromatic carbocycles. The van der Waals surface area contributed by atoms with E-state index in [9.17, 15) is 30.0 Å². The number of aliphatic hydroxyl groups is 4. The van der Waals surface area contributed by atoms with Crippen LogP contribution in [0.1, 0.15) is 33.1 Å². The Kier molecular flexibility index (Phi) is 4.82. The fraction of sp³-hybridized carbons (Fsp3) is 0.714. The molecule has 0 unspecified atom stereocenters. The van der Waals surface area contributed by atoms with E-state index in [-0.39, 0.29) is 29.3 Å². The molecule has 4 N–H and O–H groups in total. The van der Waals surface area contributed by atoms with Crippen molar-refractivity contribution in [3.05, 3.63) is 22.2 Å². The van der Waals surface area contributed by atoms with Gasteiger partial charge in [-0.2, -0.15) is 0 Å². The van der Waals surface area contributed by atoms with E-state index in [1.165, 1.54) is 19.9 Å². The molecule has 0 aromatic rings. The van der Waals surface area contributed by atoms with Gasteiger partial charge in [0.25, 0.3) is 0 Å². The van der Waals surface area contributed by atoms with E-state index in [0.29, 0.717) is 0 Å². The molecule has 0 amide bonds. The van der Waals surface area contributed by atoms with Gasteiger partial charge in [-0.25, -0.2) is 8.78 Å². The number of aliphatic hydroxyl groups excluding tert-OH is 3. The summed E-state index contributed by atoms with van der Waals surface area (Å²) in [6.07, 6.45) is -3.50. The summed E-state index contributed by atoms with van der Waals surface area (Å²) in [5, 5.41) is 42.2. The maximum Gasteiger partial charge on any atom is 0.192 e. The van der Waals surface area contributed by atoms with E-state index in [0.717, 1.165) is 6.08 Å². The first kappa shape index (κ1) is 22.2. The number of hydrogen-bond donors (Lipinski definition) is 4. The van der Waals surface area contributed by atoms with Gasteiger partial charge in [-0.1, -0.05) is 13.0 Å². The fourth-order valence-corrected chi connectivity index (χ4v) is 7.47. The van der Waals surface area contributed by atoms with E-state index < -0.39 is 70.5 Å². The molecule has 0 saturated heterocycles. The first-order chi connectivity index (χ1) is 13.8. The van der Waals surface area contributed by atoms with E-state index in [1.54, 1.807) is 0 Å². The van der Waals surface area contributed by atoms with Gasteiger partial charge in [-0.05, 0) is 59.7 Å². The maximum atomic E-state index is 16.9. The predicted molar refractivity (Wildman–Crippen MR) is 105 cm³/mol. The molecule has 4 aliphatic rings. The monoisotopic (exact) mass is 490 g/mol. The van der Waals surface area contributed by atoms with Gasteiger partial charge < -0.3 is 20.4 Å². The Bertz CT molecular complexity index is 891. The van der Waals surface area contributed by atoms with Crippen molar-refractivity contribution in [1.82, 2.24) is 0 Å². The zero-order chi connectivity index (χ0) is 22.4. The smallest absolute Gasteiger partial charge is 0.192 e. The van der Waals surface area contributed by atoms with Crippen LogP contribution in [0, 0.1) is 22.7 Å². The lowest BCUT2D eigenvalue weighted by Gasteiger charge is -2.63. The van der Waals surface area contributed by atoms with Crippen LogP contribution in [-0.2, 0) is 9.59 Å². The van der Waals surface area contributed by atoms with Crippen molar-refractivity contribution in [2.45, 2.75) is 62.8 Å². The zero-order valence-electron chi connectivity index (χ0n) is 16.6. The third-order valence-corrected chi connectivity index (χ3v) is 9.10. The number of Topliss-reactive ketones (excluding diaryl/α,β-unsaturated/α-hetero) is 1. The van der Waals surface area contributed by atoms with Gasteiger partial charge >= 0.3 is 0 Å². The molecular weight excluding hydrogens is 466 g/mol. The molecule has 0 spiro atoms. The molecule has 6 nitrogen and oxygen atoms in total. The molecular formula is C21H25BrF2O6. The molecule has 3 saturated carbocycles. The molecule has 4 rings (SSSR count). The number of carbonyl (C=O) groups is 2. The second-order valence-corrected chi connectivity index (χ2v) is 10.4. The van der Waals surface area contributed by atoms with E-state index >= 15 is 8.78 Å². The van der Waals surface area contributed by atoms with E-state index in [2.05, 4.69) is 15.9 Å². The first-order valence-electron chi connectivity index (χ1n) is 9.99. The lowest BCUT2D eigenvalue weighted by Crippen LogP contribution is -2.71. The van der Waals surface area contributed by atoms with Crippen molar-refractivity contribution in [2.75, 3.05) is 6.61 Å². The number of hydrogen-bond acceptors (Lipinski definition) is 6. The second-order valence-electron chi connectivity index (χ2n) is 9.58. The molecule has 0 radical (unpaired) electrons. The number of allylic oxidation sites excluding steroid dienone is 4. The lowest BCUT2D eigenvalue weighted by atomic mass is 9.44. The van der Waals surface area contributed by atoms with Crippen molar-refractivity contribution in [2.24, 2.45) is 22.7 Å². The van der Waals surface area contributed by atoms with Crippen LogP contribution in [0.3, 0.4) is 0 Å². The summed E-state index contributed by atoms with van der Waals surface area (Å²) < 4.78 is 32.3. The largest absolute Gasteiger partial charge is 0.390 e. The number of carbonyl (C=O) groups excluding carboxylic acids is 2. The normalized spacial score (nSPS) is 52.7. The van der Waals surface area contributed by atoms with Crippen LogP contribution in [0.4, 0.5) is 8.78 Å². The van der Waals surface area contributed by atoms with Gasteiger partial charge in [0, 0.05) is 16.7 Å². The van der Waals surface area contributed by atoms with Gasteiger partial charge in [0.15, 0.2) is 22.8 Å². The molecule has 9 heteroatoms. The summed E-state index contributed by atoms with van der Waals surface area (Å²) in [6.45, 7) is 1.89. The van der Waals surface area contributed by atoms with Crippen molar-refractivity contribution < 1.29 is 38.8 Å². The van der Waals surface area contributed by atoms with Gasteiger partial charge in [-0.15, -0.1) is 0 Å². The minimum Gasteiger partial charge on any atom is -0.390 e. The average molecular weight is 491 g/mol. The molecule has 0 aromatic heterocycles. The number of ketones is 2. The highest BCUT2D eigenvalue weighted by Gasteiger charge is 2.77. The number of rotatable bonds is 2. The van der Waals surface area contributed by atoms with Crippen LogP contribution in [0.5, 0.6) is 0 Å². The van der Waals surface area contributed by atoms with Crippen molar-refractivity contribution in [3.8, 4) is 0 Å². The minimum absolute atomic E-state index is 0.0441. The van der Waals surface area contributed by atoms with Crippen molar-refractivity contribution >= 4 is 27.5 Å². The summed E-state index contributed by atoms with van der Waals surface area (Å²) >= 11 is 3.10. The molecule has 3 fully saturated rings. The summed E-state index contributed by atoms with van der Waals surface area (Å²) in [5.74, 6) is -3.46. The second kappa shape index (κ2) is 6.51. The summed E-state index contributed by atoms with van der Waals surface area (Å²) in [6, 6.07) is 0. The highest BCUT2D eigenvalue weighted by atomic mass is 79.9. The maximum absolute atomic E-state index is 16.9. The van der Waals surface area contributed by atoms with Gasteiger partial charge in [-0.3, -0.25) is 9.59 Å². The fourth-order valence-electron chi connectivity index (χ4n) is 6.90. The summed E-state index contributed by atoms with van der Waals surface area (Å²) in [5.41, 5.74) is -7.91. The van der Waals surface area contributed by atoms with Crippen molar-refractivity contribution in [3.63, 3.8) is 0 Å². The van der Waals surface area contributed by atoms with Crippen LogP contribution in [-0.4, -0.2) is 68.2 Å². The molecule has 30 heavy (non-hydrogen) atoms. The molecule has 4 aliphatic carbocycles. The van der Waals surface area contributed by atoms with E-state index in [4.69, 9.17) is 0 Å². The highest BCUT2D eigenvalue weighted by molar-refractivity contribution is 9.12. The Morgan fingerprint density at radius 1 is 1.23 bits per heavy atom. The molecule has 9 atom stereocenters. The molecule has 0 aliphatic heterocycles. The number of fused-ring (bicyclic) bond motifs is 5. The molecule has 166 valence electrons. The molecule has 0 bridgehead atoms. The third kappa shape index (κ3) is 2.30. The standard InChI is InChI=1S/C21H25BrF2O6/c1-18-6-12(22)14(26)4-11(18)13(23)3-10-9-5-15(27)21(30,17(29)8-25)19(9,2)7-16(28)20(10,18)24/h4,6,9-10,13,15-16,25,27-28,30H,3,5,7-8H2,1-2H3/t9-,10-,13+,15+,16-,18-,19-,20-,21-/m0/s1. The molecule has 0 heterocycles. The first-order valence-corrected chi connectivity index (χ1v) is 10.8. The van der Waals surface area contributed by atoms with Crippen LogP contribution in [0.25, 0.3) is 0 Å². The Hall–Kier alpha value is -1.00. The SMILES string of the molecule is C[C@]12C=C(Br)C(=O)C=C1[C@H](F)C[C@H]1[C@@H]3C[C@@H](O)[C@](O)(C(=O)CO)[C@@]3(C)C[C@H](O)[C@@]12F. The van der Waals surface area contributed by atoms with Crippen LogP contribution in [0.15, 0.2) is 22.2 Å². The minimum atomic E-state index is -2.39. The summed E-state index contributed by atoms with van der Waals surface area (Å²) in [4.78, 5) is 24.5. The van der Waals surface area contributed by atoms with Crippen LogP contribution in [0.2, 0.25) is 0 Å². The number of alkyl halides is 2. The van der Waals surface area contributed by atoms with Gasteiger partial charge in [0.1, 0.15) is 12.8 Å². The quantitative estimate of drug-likeness (QED) is 0.463. The van der Waals surface area contributed by atoms with Gasteiger partial charge in [0.2, 0.25) is 0 Å². The average Bonchev–Trinajstić information content (AvgIpc) is 2.87. The van der Waals surface area contributed by atoms with Crippen LogP contribution >= 0.6 is 15.9 Å². The Balaban J connectivity index is 1.89. The highest BCUT2D eigenvalue weighted by Crippen LogP contribution is 2.70. The topological polar surface area (TPSA) is 115 Å². The lowest BCUT2D eigenvalue weighted by molar-refractivity contribution is -0.226. The Morgan fingerprint density at radius 3 is 2.47 bits per heavy atom. The Labute approximate surface area is 180 Å². The van der Waals surface area contributed by atoms with Crippen LogP contribution < -0.4 is 0 Å². The van der Waals surface area contributed by atoms with E-state index in [1.807, 2.05) is 0 Å². The number of halogens is 3. The van der Waals surface area contributed by atoms with Crippen molar-refractivity contribution in [1.29, 1.82) is 0 Å². The Morgan fingerprint density at radius 2 is 1.87 bits per heavy atom. The summed E-state index contributed by atoms with van der Waals surface area (Å²) in [7, 11) is 0. The third-order valence-electron chi connectivity index (χ3n) is 8.48. The predicted octanol–water partition coefficient (Wildman–Crippen LogP) is 1.29. The van der Waals surface area contributed by atoms with Gasteiger partial charge in [0.05, 0.1) is 16.7 Å². The zero-order valence-corrected chi connectivity index (χ0v) is 18.2.